The van der Waals surface area contributed by atoms with Crippen LogP contribution in [0.15, 0.2) is 16.6 Å². The molecule has 3 nitrogen and oxygen atoms in total. The van der Waals surface area contributed by atoms with E-state index in [9.17, 15) is 0 Å². The summed E-state index contributed by atoms with van der Waals surface area (Å²) >= 11 is 1.67. The van der Waals surface area contributed by atoms with E-state index in [0.29, 0.717) is 0 Å². The lowest BCUT2D eigenvalue weighted by molar-refractivity contribution is 0.171. The first-order chi connectivity index (χ1) is 6.83. The lowest BCUT2D eigenvalue weighted by atomic mass is 10.3. The van der Waals surface area contributed by atoms with E-state index in [4.69, 9.17) is 0 Å². The number of likely N-dealkylation sites (N-methyl/N-ethyl adjacent to an activating group) is 1. The van der Waals surface area contributed by atoms with E-state index in [1.165, 1.54) is 13.1 Å². The lowest BCUT2D eigenvalue weighted by Gasteiger charge is -2.31. The van der Waals surface area contributed by atoms with E-state index >= 15 is 0 Å². The van der Waals surface area contributed by atoms with Gasteiger partial charge in [-0.1, -0.05) is 0 Å². The molecule has 1 aliphatic heterocycles. The zero-order valence-corrected chi connectivity index (χ0v) is 9.83. The average molecular weight is 213 g/mol. The Morgan fingerprint density at radius 2 is 2.00 bits per heavy atom. The van der Waals surface area contributed by atoms with Crippen molar-refractivity contribution in [1.29, 1.82) is 0 Å². The Kier molecular flexibility index (Phi) is 5.91. The van der Waals surface area contributed by atoms with Crippen LogP contribution in [0, 0.1) is 0 Å². The summed E-state index contributed by atoms with van der Waals surface area (Å²) in [4.78, 5) is 8.98. The quantitative estimate of drug-likeness (QED) is 0.653. The van der Waals surface area contributed by atoms with Crippen molar-refractivity contribution in [2.24, 2.45) is 4.99 Å². The fourth-order valence-corrected chi connectivity index (χ4v) is 1.54. The highest BCUT2D eigenvalue weighted by Crippen LogP contribution is 1.97. The molecule has 0 aromatic heterocycles. The van der Waals surface area contributed by atoms with E-state index in [1.807, 2.05) is 24.1 Å². The van der Waals surface area contributed by atoms with Crippen molar-refractivity contribution in [2.45, 2.75) is 0 Å². The van der Waals surface area contributed by atoms with Crippen molar-refractivity contribution in [3.63, 3.8) is 0 Å². The Labute approximate surface area is 90.9 Å². The Hall–Kier alpha value is -0.320. The topological polar surface area (TPSA) is 18.8 Å². The molecule has 0 amide bonds. The first-order valence-corrected chi connectivity index (χ1v) is 6.22. The van der Waals surface area contributed by atoms with Crippen LogP contribution < -0.4 is 0 Å². The highest BCUT2D eigenvalue weighted by molar-refractivity contribution is 8.01. The second-order valence-corrected chi connectivity index (χ2v) is 4.20. The van der Waals surface area contributed by atoms with Crippen LogP contribution in [0.25, 0.3) is 0 Å². The fraction of sp³-hybridized carbons (Fsp3) is 0.700. The minimum absolute atomic E-state index is 0.979. The van der Waals surface area contributed by atoms with E-state index in [-0.39, 0.29) is 0 Å². The van der Waals surface area contributed by atoms with Crippen LogP contribution in [0.4, 0.5) is 0 Å². The zero-order chi connectivity index (χ0) is 10.2. The number of hydrogen-bond donors (Lipinski definition) is 0. The second-order valence-electron chi connectivity index (χ2n) is 3.46. The van der Waals surface area contributed by atoms with Gasteiger partial charge in [0.05, 0.1) is 0 Å². The molecule has 1 fully saturated rings. The van der Waals surface area contributed by atoms with Gasteiger partial charge in [0, 0.05) is 45.1 Å². The molecule has 0 spiro atoms. The Morgan fingerprint density at radius 1 is 1.29 bits per heavy atom. The van der Waals surface area contributed by atoms with Crippen molar-refractivity contribution >= 4 is 18.0 Å². The van der Waals surface area contributed by atoms with Crippen molar-refractivity contribution in [2.75, 3.05) is 46.0 Å². The van der Waals surface area contributed by atoms with Gasteiger partial charge < -0.3 is 4.90 Å². The minimum Gasteiger partial charge on any atom is -0.304 e. The van der Waals surface area contributed by atoms with Gasteiger partial charge in [-0.25, -0.2) is 0 Å². The predicted molar refractivity (Wildman–Crippen MR) is 65.1 cm³/mol. The van der Waals surface area contributed by atoms with Crippen molar-refractivity contribution < 1.29 is 0 Å². The maximum Gasteiger partial charge on any atom is 0.0338 e. The van der Waals surface area contributed by atoms with E-state index in [1.54, 1.807) is 11.8 Å². The number of piperazine rings is 1. The molecule has 0 aromatic rings. The third-order valence-electron chi connectivity index (χ3n) is 2.32. The lowest BCUT2D eigenvalue weighted by Crippen LogP contribution is -2.44. The molecule has 14 heavy (non-hydrogen) atoms. The van der Waals surface area contributed by atoms with Crippen LogP contribution in [0.2, 0.25) is 0 Å². The molecule has 1 rings (SSSR count). The number of rotatable bonds is 4. The van der Waals surface area contributed by atoms with Crippen molar-refractivity contribution in [3.05, 3.63) is 11.6 Å². The smallest absolute Gasteiger partial charge is 0.0338 e. The first kappa shape index (κ1) is 11.8. The van der Waals surface area contributed by atoms with Gasteiger partial charge >= 0.3 is 0 Å². The van der Waals surface area contributed by atoms with Crippen molar-refractivity contribution in [1.82, 2.24) is 9.80 Å². The molecule has 1 aliphatic rings. The van der Waals surface area contributed by atoms with Gasteiger partial charge in [-0.2, -0.15) is 0 Å². The summed E-state index contributed by atoms with van der Waals surface area (Å²) in [5.74, 6) is 0. The number of hydrogen-bond acceptors (Lipinski definition) is 4. The van der Waals surface area contributed by atoms with Gasteiger partial charge in [-0.05, 0) is 18.7 Å². The summed E-state index contributed by atoms with van der Waals surface area (Å²) in [7, 11) is 2.17. The van der Waals surface area contributed by atoms with Crippen LogP contribution in [0.1, 0.15) is 0 Å². The SMILES string of the molecule is CS/C=C\N=CCN1CCN(C)CC1. The Balaban J connectivity index is 2.12. The van der Waals surface area contributed by atoms with Gasteiger partial charge in [0.1, 0.15) is 0 Å². The maximum atomic E-state index is 4.19. The summed E-state index contributed by atoms with van der Waals surface area (Å²) in [5.41, 5.74) is 0. The molecule has 80 valence electrons. The average Bonchev–Trinajstić information content (AvgIpc) is 2.21. The van der Waals surface area contributed by atoms with Crippen LogP contribution in [-0.4, -0.2) is 62.0 Å². The van der Waals surface area contributed by atoms with Crippen LogP contribution >= 0.6 is 11.8 Å². The molecule has 0 radical (unpaired) electrons. The predicted octanol–water partition coefficient (Wildman–Crippen LogP) is 1.14. The molecular weight excluding hydrogens is 194 g/mol. The maximum absolute atomic E-state index is 4.19. The Bertz CT molecular complexity index is 196. The number of nitrogens with zero attached hydrogens (tertiary/aromatic N) is 3. The summed E-state index contributed by atoms with van der Waals surface area (Å²) in [6.07, 6.45) is 5.87. The molecule has 0 saturated carbocycles. The molecule has 1 saturated heterocycles. The molecule has 0 atom stereocenters. The molecule has 0 aliphatic carbocycles. The van der Waals surface area contributed by atoms with Gasteiger partial charge in [0.15, 0.2) is 0 Å². The van der Waals surface area contributed by atoms with Crippen LogP contribution in [0.3, 0.4) is 0 Å². The number of thioether (sulfide) groups is 1. The summed E-state index contributed by atoms with van der Waals surface area (Å²) < 4.78 is 0. The molecule has 4 heteroatoms. The van der Waals surface area contributed by atoms with Crippen LogP contribution in [-0.2, 0) is 0 Å². The molecule has 0 bridgehead atoms. The molecule has 1 heterocycles. The standard InChI is InChI=1S/C10H19N3S/c1-12-6-8-13(9-7-12)5-3-11-4-10-14-2/h3-4,10H,5-9H2,1-2H3/b10-4-,11-3?. The third-order valence-corrected chi connectivity index (χ3v) is 2.72. The molecule has 0 aromatic carbocycles. The fourth-order valence-electron chi connectivity index (χ4n) is 1.35. The zero-order valence-electron chi connectivity index (χ0n) is 9.02. The van der Waals surface area contributed by atoms with Gasteiger partial charge in [-0.15, -0.1) is 11.8 Å². The van der Waals surface area contributed by atoms with E-state index < -0.39 is 0 Å². The van der Waals surface area contributed by atoms with Gasteiger partial charge in [-0.3, -0.25) is 9.89 Å². The summed E-state index contributed by atoms with van der Waals surface area (Å²) in [6, 6.07) is 0. The molecule has 0 unspecified atom stereocenters. The second kappa shape index (κ2) is 7.04. The molecular formula is C10H19N3S. The van der Waals surface area contributed by atoms with Crippen LogP contribution in [0.5, 0.6) is 0 Å². The minimum atomic E-state index is 0.979. The number of aliphatic imine (C=N–C) groups is 1. The van der Waals surface area contributed by atoms with E-state index in [2.05, 4.69) is 21.8 Å². The monoisotopic (exact) mass is 213 g/mol. The third kappa shape index (κ3) is 4.79. The first-order valence-electron chi connectivity index (χ1n) is 4.93. The highest BCUT2D eigenvalue weighted by Gasteiger charge is 2.11. The Morgan fingerprint density at radius 3 is 2.64 bits per heavy atom. The van der Waals surface area contributed by atoms with Gasteiger partial charge in [0.25, 0.3) is 0 Å². The normalized spacial score (nSPS) is 21.3. The van der Waals surface area contributed by atoms with Gasteiger partial charge in [0.2, 0.25) is 0 Å². The summed E-state index contributed by atoms with van der Waals surface area (Å²) in [5, 5.41) is 1.99. The largest absolute Gasteiger partial charge is 0.304 e. The summed E-state index contributed by atoms with van der Waals surface area (Å²) in [6.45, 7) is 5.65. The van der Waals surface area contributed by atoms with Crippen molar-refractivity contribution in [3.8, 4) is 0 Å². The van der Waals surface area contributed by atoms with E-state index in [0.717, 1.165) is 19.6 Å². The highest BCUT2D eigenvalue weighted by atomic mass is 32.2. The molecule has 0 N–H and O–H groups in total.